The van der Waals surface area contributed by atoms with Gasteiger partial charge < -0.3 is 15.5 Å². The molecule has 0 aliphatic carbocycles. The Labute approximate surface area is 202 Å². The molecule has 2 saturated heterocycles. The molecule has 1 amide bonds. The fraction of sp³-hybridized carbons (Fsp3) is 0.391. The van der Waals surface area contributed by atoms with E-state index in [4.69, 9.17) is 5.73 Å². The zero-order valence-electron chi connectivity index (χ0n) is 19.0. The maximum Gasteiger partial charge on any atom is 0.419 e. The summed E-state index contributed by atoms with van der Waals surface area (Å²) in [4.78, 5) is 24.7. The van der Waals surface area contributed by atoms with Crippen molar-refractivity contribution in [2.75, 3.05) is 28.6 Å². The number of benzene rings is 1. The smallest absolute Gasteiger partial charge is 0.368 e. The van der Waals surface area contributed by atoms with Crippen molar-refractivity contribution in [3.63, 3.8) is 0 Å². The zero-order chi connectivity index (χ0) is 25.7. The van der Waals surface area contributed by atoms with Gasteiger partial charge in [-0.15, -0.1) is 0 Å². The molecular weight excluding hydrogens is 485 g/mol. The van der Waals surface area contributed by atoms with Crippen LogP contribution in [-0.4, -0.2) is 44.3 Å². The zero-order valence-corrected chi connectivity index (χ0v) is 19.0. The van der Waals surface area contributed by atoms with E-state index in [1.54, 1.807) is 4.90 Å². The van der Waals surface area contributed by atoms with E-state index in [0.29, 0.717) is 62.9 Å². The minimum atomic E-state index is -4.54. The summed E-state index contributed by atoms with van der Waals surface area (Å²) in [5, 5.41) is 3.74. The van der Waals surface area contributed by atoms with Crippen molar-refractivity contribution in [2.24, 2.45) is 0 Å². The first-order chi connectivity index (χ1) is 17.1. The van der Waals surface area contributed by atoms with Crippen LogP contribution in [0.2, 0.25) is 0 Å². The van der Waals surface area contributed by atoms with E-state index in [1.165, 1.54) is 12.1 Å². The largest absolute Gasteiger partial charge is 0.419 e. The number of anilines is 3. The summed E-state index contributed by atoms with van der Waals surface area (Å²) in [5.74, 6) is -1.77. The number of hydrogen-bond donors (Lipinski definition) is 1. The van der Waals surface area contributed by atoms with Crippen molar-refractivity contribution < 1.29 is 26.7 Å². The predicted molar refractivity (Wildman–Crippen MR) is 120 cm³/mol. The van der Waals surface area contributed by atoms with E-state index in [0.717, 1.165) is 23.0 Å². The molecule has 0 bridgehead atoms. The topological polar surface area (TPSA) is 93.2 Å². The highest BCUT2D eigenvalue weighted by molar-refractivity contribution is 5.95. The molecule has 1 aromatic carbocycles. The normalized spacial score (nSPS) is 18.2. The average Bonchev–Trinajstić information content (AvgIpc) is 3.33. The lowest BCUT2D eigenvalue weighted by Gasteiger charge is -2.51. The van der Waals surface area contributed by atoms with Gasteiger partial charge in [-0.3, -0.25) is 4.79 Å². The third-order valence-corrected chi connectivity index (χ3v) is 6.80. The summed E-state index contributed by atoms with van der Waals surface area (Å²) in [6, 6.07) is 4.97. The molecule has 2 aliphatic rings. The number of carbonyl (C=O) groups excluding carboxylic acids is 1. The first-order valence-corrected chi connectivity index (χ1v) is 11.4. The summed E-state index contributed by atoms with van der Waals surface area (Å²) >= 11 is 0. The predicted octanol–water partition coefficient (Wildman–Crippen LogP) is 4.10. The summed E-state index contributed by atoms with van der Waals surface area (Å²) in [6.07, 6.45) is -0.258. The van der Waals surface area contributed by atoms with Crippen LogP contribution in [0.1, 0.15) is 37.7 Å². The molecule has 8 nitrogen and oxygen atoms in total. The second-order valence-corrected chi connectivity index (χ2v) is 9.01. The standard InChI is InChI=1S/C23H22F5N7O/c24-16-4-3-15(10-17(16)25)35-20(36)2-1-5-22(35)6-8-33(9-7-22)18-11-19(32-21(29)31-18)34-13-14(12-30-34)23(26,27)28/h3-4,10-13H,1-2,5-9H2,(H2,29,31,32). The first kappa shape index (κ1) is 23.9. The van der Waals surface area contributed by atoms with E-state index >= 15 is 0 Å². The lowest BCUT2D eigenvalue weighted by molar-refractivity contribution is -0.137. The van der Waals surface area contributed by atoms with Crippen LogP contribution >= 0.6 is 0 Å². The van der Waals surface area contributed by atoms with Gasteiger partial charge >= 0.3 is 6.18 Å². The molecule has 0 radical (unpaired) electrons. The lowest BCUT2D eigenvalue weighted by Crippen LogP contribution is -2.60. The molecule has 3 aromatic rings. The van der Waals surface area contributed by atoms with Gasteiger partial charge in [-0.2, -0.15) is 28.2 Å². The Bertz CT molecular complexity index is 1300. The summed E-state index contributed by atoms with van der Waals surface area (Å²) in [6.45, 7) is 0.909. The molecule has 0 atom stereocenters. The van der Waals surface area contributed by atoms with Gasteiger partial charge in [0.15, 0.2) is 17.5 Å². The van der Waals surface area contributed by atoms with Crippen molar-refractivity contribution in [3.8, 4) is 5.82 Å². The average molecular weight is 507 g/mol. The van der Waals surface area contributed by atoms with Gasteiger partial charge in [-0.1, -0.05) is 0 Å². The fourth-order valence-corrected chi connectivity index (χ4v) is 5.04. The van der Waals surface area contributed by atoms with Crippen LogP contribution in [-0.2, 0) is 11.0 Å². The SMILES string of the molecule is Nc1nc(N2CCC3(CCCC(=O)N3c3ccc(F)c(F)c3)CC2)cc(-n2cc(C(F)(F)F)cn2)n1. The number of halogens is 5. The van der Waals surface area contributed by atoms with Crippen molar-refractivity contribution in [1.82, 2.24) is 19.7 Å². The Morgan fingerprint density at radius 3 is 2.36 bits per heavy atom. The van der Waals surface area contributed by atoms with Crippen LogP contribution in [0.5, 0.6) is 0 Å². The molecule has 0 saturated carbocycles. The van der Waals surface area contributed by atoms with Crippen LogP contribution in [0.3, 0.4) is 0 Å². The lowest BCUT2D eigenvalue weighted by atomic mass is 9.78. The molecule has 13 heteroatoms. The number of nitrogens with zero attached hydrogens (tertiary/aromatic N) is 6. The Morgan fingerprint density at radius 1 is 0.972 bits per heavy atom. The van der Waals surface area contributed by atoms with Gasteiger partial charge in [0.1, 0.15) is 5.82 Å². The number of alkyl halides is 3. The van der Waals surface area contributed by atoms with Gasteiger partial charge in [0.25, 0.3) is 0 Å². The minimum Gasteiger partial charge on any atom is -0.368 e. The van der Waals surface area contributed by atoms with Crippen molar-refractivity contribution in [1.29, 1.82) is 0 Å². The number of piperidine rings is 2. The van der Waals surface area contributed by atoms with Crippen LogP contribution < -0.4 is 15.5 Å². The summed E-state index contributed by atoms with van der Waals surface area (Å²) < 4.78 is 67.4. The summed E-state index contributed by atoms with van der Waals surface area (Å²) in [5.41, 5.74) is 4.68. The van der Waals surface area contributed by atoms with E-state index in [-0.39, 0.29) is 17.7 Å². The summed E-state index contributed by atoms with van der Waals surface area (Å²) in [7, 11) is 0. The van der Waals surface area contributed by atoms with Crippen molar-refractivity contribution in [2.45, 2.75) is 43.8 Å². The minimum absolute atomic E-state index is 0.0875. The van der Waals surface area contributed by atoms with Crippen LogP contribution in [0, 0.1) is 11.6 Å². The first-order valence-electron chi connectivity index (χ1n) is 11.4. The molecule has 36 heavy (non-hydrogen) atoms. The number of nitrogen functional groups attached to an aromatic ring is 1. The highest BCUT2D eigenvalue weighted by Gasteiger charge is 2.45. The Morgan fingerprint density at radius 2 is 1.69 bits per heavy atom. The number of hydrogen-bond acceptors (Lipinski definition) is 6. The molecule has 0 unspecified atom stereocenters. The van der Waals surface area contributed by atoms with Crippen LogP contribution in [0.25, 0.3) is 5.82 Å². The maximum atomic E-state index is 14.0. The maximum absolute atomic E-state index is 14.0. The van der Waals surface area contributed by atoms with Gasteiger partial charge in [0.05, 0.1) is 17.3 Å². The Kier molecular flexibility index (Phi) is 5.80. The Hall–Kier alpha value is -3.77. The highest BCUT2D eigenvalue weighted by atomic mass is 19.4. The van der Waals surface area contributed by atoms with Gasteiger partial charge in [-0.25, -0.2) is 13.5 Å². The Balaban J connectivity index is 1.39. The third-order valence-electron chi connectivity index (χ3n) is 6.80. The van der Waals surface area contributed by atoms with E-state index in [9.17, 15) is 26.7 Å². The van der Waals surface area contributed by atoms with Crippen molar-refractivity contribution >= 4 is 23.4 Å². The monoisotopic (exact) mass is 507 g/mol. The number of nitrogens with two attached hydrogens (primary N) is 1. The molecule has 1 spiro atoms. The number of aromatic nitrogens is 4. The van der Waals surface area contributed by atoms with Gasteiger partial charge in [0.2, 0.25) is 11.9 Å². The number of carbonyl (C=O) groups is 1. The molecule has 2 aromatic heterocycles. The molecule has 2 fully saturated rings. The molecule has 2 N–H and O–H groups in total. The third kappa shape index (κ3) is 4.33. The second kappa shape index (κ2) is 8.71. The van der Waals surface area contributed by atoms with Crippen LogP contribution in [0.4, 0.5) is 39.4 Å². The van der Waals surface area contributed by atoms with E-state index in [2.05, 4.69) is 15.1 Å². The van der Waals surface area contributed by atoms with Crippen LogP contribution in [0.15, 0.2) is 36.7 Å². The number of amides is 1. The van der Waals surface area contributed by atoms with E-state index < -0.39 is 28.9 Å². The molecule has 2 aliphatic heterocycles. The van der Waals surface area contributed by atoms with Crippen molar-refractivity contribution in [3.05, 3.63) is 53.9 Å². The molecule has 4 heterocycles. The molecule has 5 rings (SSSR count). The molecule has 190 valence electrons. The fourth-order valence-electron chi connectivity index (χ4n) is 5.04. The van der Waals surface area contributed by atoms with Gasteiger partial charge in [0, 0.05) is 43.5 Å². The second-order valence-electron chi connectivity index (χ2n) is 9.01. The van der Waals surface area contributed by atoms with Gasteiger partial charge in [-0.05, 0) is 37.8 Å². The highest BCUT2D eigenvalue weighted by Crippen LogP contribution is 2.42. The number of rotatable bonds is 3. The quantitative estimate of drug-likeness (QED) is 0.537. The van der Waals surface area contributed by atoms with E-state index in [1.807, 2.05) is 4.90 Å². The molecular formula is C23H22F5N7O.